The van der Waals surface area contributed by atoms with Crippen LogP contribution in [-0.4, -0.2) is 46.9 Å². The molecule has 0 amide bonds. The monoisotopic (exact) mass is 388 g/mol. The topological polar surface area (TPSA) is 110 Å². The molecule has 0 bridgehead atoms. The van der Waals surface area contributed by atoms with E-state index in [9.17, 15) is 19.5 Å². The number of carboxylic acids is 1. The molecule has 0 heterocycles. The van der Waals surface area contributed by atoms with Gasteiger partial charge in [-0.3, -0.25) is 9.59 Å². The summed E-state index contributed by atoms with van der Waals surface area (Å²) in [6, 6.07) is 0. The van der Waals surface area contributed by atoms with E-state index >= 15 is 0 Å². The standard InChI is InChI=1S/C20H36O7/c1-3-5-6-7-8-9-10-11-12-13-14-27-18(22)16-20(25,19(23)24)15-17(21)26-4-2/h25H,3-16H2,1-2H3,(H,23,24). The first-order valence-corrected chi connectivity index (χ1v) is 10.1. The van der Waals surface area contributed by atoms with Crippen LogP contribution in [0.5, 0.6) is 0 Å². The van der Waals surface area contributed by atoms with Crippen LogP contribution in [0.1, 0.15) is 90.9 Å². The summed E-state index contributed by atoms with van der Waals surface area (Å²) in [5.41, 5.74) is -2.50. The van der Waals surface area contributed by atoms with Crippen LogP contribution in [0.15, 0.2) is 0 Å². The maximum absolute atomic E-state index is 11.8. The van der Waals surface area contributed by atoms with Gasteiger partial charge in [0, 0.05) is 0 Å². The Morgan fingerprint density at radius 1 is 0.741 bits per heavy atom. The zero-order valence-electron chi connectivity index (χ0n) is 16.8. The molecule has 0 aromatic carbocycles. The molecule has 7 nitrogen and oxygen atoms in total. The first-order chi connectivity index (χ1) is 12.9. The van der Waals surface area contributed by atoms with Crippen molar-refractivity contribution < 1.29 is 34.1 Å². The molecule has 7 heteroatoms. The Hall–Kier alpha value is -1.63. The molecule has 0 saturated carbocycles. The molecule has 0 saturated heterocycles. The lowest BCUT2D eigenvalue weighted by molar-refractivity contribution is -0.173. The molecule has 1 atom stereocenters. The number of carbonyl (C=O) groups is 3. The Labute approximate surface area is 162 Å². The lowest BCUT2D eigenvalue weighted by atomic mass is 9.96. The Morgan fingerprint density at radius 2 is 1.19 bits per heavy atom. The minimum Gasteiger partial charge on any atom is -0.479 e. The van der Waals surface area contributed by atoms with Gasteiger partial charge in [0.2, 0.25) is 0 Å². The van der Waals surface area contributed by atoms with Gasteiger partial charge in [0.25, 0.3) is 0 Å². The molecule has 0 fully saturated rings. The predicted molar refractivity (Wildman–Crippen MR) is 101 cm³/mol. The van der Waals surface area contributed by atoms with Crippen molar-refractivity contribution in [3.63, 3.8) is 0 Å². The molecule has 0 aromatic heterocycles. The zero-order chi connectivity index (χ0) is 20.5. The van der Waals surface area contributed by atoms with Crippen molar-refractivity contribution in [2.24, 2.45) is 0 Å². The van der Waals surface area contributed by atoms with Gasteiger partial charge in [-0.2, -0.15) is 0 Å². The summed E-state index contributed by atoms with van der Waals surface area (Å²) in [4.78, 5) is 34.4. The van der Waals surface area contributed by atoms with Crippen LogP contribution in [0.25, 0.3) is 0 Å². The van der Waals surface area contributed by atoms with E-state index in [0.717, 1.165) is 12.8 Å². The molecule has 0 rings (SSSR count). The molecule has 0 aliphatic rings. The number of unbranched alkanes of at least 4 members (excludes halogenated alkanes) is 9. The Kier molecular flexibility index (Phi) is 14.5. The number of hydrogen-bond donors (Lipinski definition) is 2. The zero-order valence-corrected chi connectivity index (χ0v) is 16.8. The fourth-order valence-corrected chi connectivity index (χ4v) is 2.73. The summed E-state index contributed by atoms with van der Waals surface area (Å²) < 4.78 is 9.61. The van der Waals surface area contributed by atoms with Crippen molar-refractivity contribution in [2.75, 3.05) is 13.2 Å². The molecular formula is C20H36O7. The number of rotatable bonds is 17. The minimum absolute atomic E-state index is 0.0672. The SMILES string of the molecule is CCCCCCCCCCCCOC(=O)CC(O)(CC(=O)OCC)C(=O)O. The molecule has 0 aliphatic carbocycles. The molecule has 27 heavy (non-hydrogen) atoms. The summed E-state index contributed by atoms with van der Waals surface area (Å²) in [5, 5.41) is 19.1. The average molecular weight is 389 g/mol. The number of hydrogen-bond acceptors (Lipinski definition) is 6. The fraction of sp³-hybridized carbons (Fsp3) is 0.850. The van der Waals surface area contributed by atoms with E-state index in [2.05, 4.69) is 11.7 Å². The Bertz CT molecular complexity index is 436. The minimum atomic E-state index is -2.50. The molecule has 158 valence electrons. The second-order valence-electron chi connectivity index (χ2n) is 6.90. The van der Waals surface area contributed by atoms with Gasteiger partial charge in [-0.05, 0) is 13.3 Å². The van der Waals surface area contributed by atoms with Crippen LogP contribution in [0, 0.1) is 0 Å². The van der Waals surface area contributed by atoms with Crippen molar-refractivity contribution in [1.29, 1.82) is 0 Å². The number of esters is 2. The highest BCUT2D eigenvalue weighted by Crippen LogP contribution is 2.18. The van der Waals surface area contributed by atoms with Crippen molar-refractivity contribution >= 4 is 17.9 Å². The van der Waals surface area contributed by atoms with E-state index in [4.69, 9.17) is 9.84 Å². The second kappa shape index (κ2) is 15.4. The highest BCUT2D eigenvalue weighted by atomic mass is 16.5. The van der Waals surface area contributed by atoms with Crippen LogP contribution < -0.4 is 0 Å². The summed E-state index contributed by atoms with van der Waals surface area (Å²) in [5.74, 6) is -3.35. The van der Waals surface area contributed by atoms with Gasteiger partial charge in [-0.1, -0.05) is 64.7 Å². The van der Waals surface area contributed by atoms with Gasteiger partial charge in [-0.25, -0.2) is 4.79 Å². The van der Waals surface area contributed by atoms with Gasteiger partial charge in [0.05, 0.1) is 26.1 Å². The van der Waals surface area contributed by atoms with E-state index < -0.39 is 36.4 Å². The van der Waals surface area contributed by atoms with Gasteiger partial charge in [-0.15, -0.1) is 0 Å². The maximum atomic E-state index is 11.8. The van der Waals surface area contributed by atoms with Crippen molar-refractivity contribution in [1.82, 2.24) is 0 Å². The van der Waals surface area contributed by atoms with Crippen LogP contribution in [0.4, 0.5) is 0 Å². The van der Waals surface area contributed by atoms with E-state index in [1.807, 2.05) is 0 Å². The van der Waals surface area contributed by atoms with Crippen LogP contribution >= 0.6 is 0 Å². The number of ether oxygens (including phenoxy) is 2. The van der Waals surface area contributed by atoms with Crippen molar-refractivity contribution in [2.45, 2.75) is 96.5 Å². The summed E-state index contributed by atoms with van der Waals surface area (Å²) >= 11 is 0. The van der Waals surface area contributed by atoms with Crippen molar-refractivity contribution in [3.05, 3.63) is 0 Å². The third-order valence-corrected chi connectivity index (χ3v) is 4.34. The summed E-state index contributed by atoms with van der Waals surface area (Å²) in [6.07, 6.45) is 9.97. The van der Waals surface area contributed by atoms with Gasteiger partial charge < -0.3 is 19.7 Å². The summed E-state index contributed by atoms with van der Waals surface area (Å²) in [7, 11) is 0. The molecule has 0 aliphatic heterocycles. The van der Waals surface area contributed by atoms with Gasteiger partial charge >= 0.3 is 17.9 Å². The largest absolute Gasteiger partial charge is 0.479 e. The van der Waals surface area contributed by atoms with Crippen molar-refractivity contribution in [3.8, 4) is 0 Å². The first kappa shape index (κ1) is 25.4. The second-order valence-corrected chi connectivity index (χ2v) is 6.90. The van der Waals surface area contributed by atoms with Crippen LogP contribution in [-0.2, 0) is 23.9 Å². The van der Waals surface area contributed by atoms with Crippen LogP contribution in [0.3, 0.4) is 0 Å². The molecule has 1 unspecified atom stereocenters. The number of aliphatic carboxylic acids is 1. The normalized spacial score (nSPS) is 13.0. The Balaban J connectivity index is 3.87. The van der Waals surface area contributed by atoms with Gasteiger partial charge in [0.1, 0.15) is 0 Å². The molecule has 2 N–H and O–H groups in total. The Morgan fingerprint density at radius 3 is 1.63 bits per heavy atom. The summed E-state index contributed by atoms with van der Waals surface area (Å²) in [6.45, 7) is 4.02. The van der Waals surface area contributed by atoms with Gasteiger partial charge in [0.15, 0.2) is 5.60 Å². The average Bonchev–Trinajstić information content (AvgIpc) is 2.59. The van der Waals surface area contributed by atoms with E-state index in [1.54, 1.807) is 6.92 Å². The third-order valence-electron chi connectivity index (χ3n) is 4.34. The fourth-order valence-electron chi connectivity index (χ4n) is 2.73. The lowest BCUT2D eigenvalue weighted by Gasteiger charge is -2.21. The molecule has 0 spiro atoms. The third kappa shape index (κ3) is 13.2. The van der Waals surface area contributed by atoms with Crippen LogP contribution in [0.2, 0.25) is 0 Å². The highest BCUT2D eigenvalue weighted by Gasteiger charge is 2.41. The van der Waals surface area contributed by atoms with E-state index in [1.165, 1.54) is 44.9 Å². The lowest BCUT2D eigenvalue weighted by Crippen LogP contribution is -2.43. The highest BCUT2D eigenvalue weighted by molar-refractivity contribution is 5.88. The van der Waals surface area contributed by atoms with E-state index in [0.29, 0.717) is 6.42 Å². The van der Waals surface area contributed by atoms with E-state index in [-0.39, 0.29) is 13.2 Å². The number of carbonyl (C=O) groups excluding carboxylic acids is 2. The number of carboxylic acid groups (broad SMARTS) is 1. The quantitative estimate of drug-likeness (QED) is 0.289. The number of aliphatic hydroxyl groups is 1. The first-order valence-electron chi connectivity index (χ1n) is 10.1. The molecular weight excluding hydrogens is 352 g/mol. The predicted octanol–water partition coefficient (Wildman–Crippen LogP) is 3.61. The maximum Gasteiger partial charge on any atom is 0.336 e. The smallest absolute Gasteiger partial charge is 0.336 e. The molecule has 0 aromatic rings. The molecule has 0 radical (unpaired) electrons.